The van der Waals surface area contributed by atoms with Crippen molar-refractivity contribution in [2.45, 2.75) is 132 Å². The summed E-state index contributed by atoms with van der Waals surface area (Å²) in [4.78, 5) is 29.2. The molecule has 4 rings (SSSR count). The first kappa shape index (κ1) is 27.9. The second kappa shape index (κ2) is 14.1. The number of likely N-dealkylation sites (tertiary alicyclic amines) is 1. The lowest BCUT2D eigenvalue weighted by Crippen LogP contribution is -2.62. The minimum Gasteiger partial charge on any atom is -0.366 e. The predicted molar refractivity (Wildman–Crippen MR) is 147 cm³/mol. The molecule has 4 aliphatic rings. The highest BCUT2D eigenvalue weighted by molar-refractivity contribution is 6.55. The molecule has 3 heterocycles. The van der Waals surface area contributed by atoms with Gasteiger partial charge in [-0.2, -0.15) is 0 Å². The number of rotatable bonds is 2. The molecule has 6 nitrogen and oxygen atoms in total. The Bertz CT molecular complexity index is 700. The molecule has 3 unspecified atom stereocenters. The molecule has 1 aliphatic carbocycles. The van der Waals surface area contributed by atoms with Crippen molar-refractivity contribution < 1.29 is 14.3 Å². The van der Waals surface area contributed by atoms with Gasteiger partial charge in [-0.1, -0.05) is 101 Å². The summed E-state index contributed by atoms with van der Waals surface area (Å²) < 4.78 is 5.67. The van der Waals surface area contributed by atoms with Crippen molar-refractivity contribution in [1.29, 1.82) is 0 Å². The second-order valence-corrected chi connectivity index (χ2v) is 12.0. The smallest absolute Gasteiger partial charge is 0.320 e. The van der Waals surface area contributed by atoms with Gasteiger partial charge < -0.3 is 19.9 Å². The van der Waals surface area contributed by atoms with Crippen LogP contribution in [0, 0.1) is 0 Å². The number of nitrogens with zero attached hydrogens (tertiary/aromatic N) is 2. The lowest BCUT2D eigenvalue weighted by atomic mass is 9.34. The third-order valence-electron chi connectivity index (χ3n) is 8.97. The van der Waals surface area contributed by atoms with Crippen LogP contribution in [0.15, 0.2) is 0 Å². The lowest BCUT2D eigenvalue weighted by Gasteiger charge is -2.43. The zero-order valence-electron chi connectivity index (χ0n) is 22.6. The molecule has 0 aromatic carbocycles. The summed E-state index contributed by atoms with van der Waals surface area (Å²) in [5, 5.41) is 2.81. The van der Waals surface area contributed by atoms with Crippen LogP contribution in [0.4, 0.5) is 4.79 Å². The van der Waals surface area contributed by atoms with Crippen molar-refractivity contribution in [1.82, 2.24) is 15.1 Å². The number of hydrogen-bond acceptors (Lipinski definition) is 3. The largest absolute Gasteiger partial charge is 0.366 e. The highest BCUT2D eigenvalue weighted by Crippen LogP contribution is 2.40. The molecule has 0 aromatic rings. The van der Waals surface area contributed by atoms with Crippen LogP contribution in [0.3, 0.4) is 0 Å². The Labute approximate surface area is 221 Å². The van der Waals surface area contributed by atoms with Crippen LogP contribution in [-0.4, -0.2) is 81.8 Å². The molecule has 3 radical (unpaired) electrons. The Morgan fingerprint density at radius 2 is 1.47 bits per heavy atom. The Balaban J connectivity index is 1.30. The van der Waals surface area contributed by atoms with Crippen molar-refractivity contribution in [2.24, 2.45) is 0 Å². The number of carbonyl (C=O) groups is 2. The average Bonchev–Trinajstić information content (AvgIpc) is 2.93. The highest BCUT2D eigenvalue weighted by atomic mass is 16.5. The van der Waals surface area contributed by atoms with Gasteiger partial charge in [-0.05, 0) is 19.3 Å². The molecule has 3 atom stereocenters. The van der Waals surface area contributed by atoms with E-state index < -0.39 is 0 Å². The molecule has 0 bridgehead atoms. The third kappa shape index (κ3) is 8.43. The zero-order valence-corrected chi connectivity index (χ0v) is 22.6. The summed E-state index contributed by atoms with van der Waals surface area (Å²) in [5.74, 6) is 0.564. The van der Waals surface area contributed by atoms with E-state index in [4.69, 9.17) is 12.6 Å². The van der Waals surface area contributed by atoms with Gasteiger partial charge in [0.2, 0.25) is 5.91 Å². The van der Waals surface area contributed by atoms with Gasteiger partial charge in [-0.15, -0.1) is 0 Å². The fourth-order valence-corrected chi connectivity index (χ4v) is 6.86. The standard InChI is InChI=1S/C28H48B2N3O3/c29-28(30-23-13-8-5-3-1-2-4-6-9-14-23)16-10-7-11-18-32(19-12-17-28)27(35)33-20-15-25-24(21-33)31-26(34)22-36-25/h23-25H,1-22H2,(H,31,34). The van der Waals surface area contributed by atoms with E-state index in [2.05, 4.69) is 12.6 Å². The quantitative estimate of drug-likeness (QED) is 0.545. The van der Waals surface area contributed by atoms with Gasteiger partial charge in [0, 0.05) is 26.2 Å². The Morgan fingerprint density at radius 1 is 0.833 bits per heavy atom. The van der Waals surface area contributed by atoms with Crippen LogP contribution in [0.1, 0.15) is 109 Å². The SMILES string of the molecule is [B]C1([B]C2CCCCCCCCCC2)CCCCCN(C(=O)N2CCC3OCC(=O)NC3C2)CCC1. The van der Waals surface area contributed by atoms with Crippen molar-refractivity contribution in [3.63, 3.8) is 0 Å². The Kier molecular flexibility index (Phi) is 10.9. The summed E-state index contributed by atoms with van der Waals surface area (Å²) in [7, 11) is 9.65. The molecule has 1 N–H and O–H groups in total. The van der Waals surface area contributed by atoms with Gasteiger partial charge in [-0.3, -0.25) is 4.79 Å². The molecular formula is C28H48B2N3O3. The maximum Gasteiger partial charge on any atom is 0.320 e. The minimum atomic E-state index is -0.209. The van der Waals surface area contributed by atoms with Crippen LogP contribution in [0.2, 0.25) is 11.0 Å². The molecule has 3 amide bonds. The number of urea groups is 1. The van der Waals surface area contributed by atoms with E-state index in [9.17, 15) is 9.59 Å². The topological polar surface area (TPSA) is 61.9 Å². The molecule has 3 saturated heterocycles. The van der Waals surface area contributed by atoms with Crippen LogP contribution in [-0.2, 0) is 9.53 Å². The fraction of sp³-hybridized carbons (Fsp3) is 0.929. The normalized spacial score (nSPS) is 32.5. The summed E-state index contributed by atoms with van der Waals surface area (Å²) in [6.07, 6.45) is 20.7. The maximum atomic E-state index is 13.5. The summed E-state index contributed by atoms with van der Waals surface area (Å²) >= 11 is 0. The molecule has 3 aliphatic heterocycles. The van der Waals surface area contributed by atoms with Gasteiger partial charge in [0.15, 0.2) is 0 Å². The first-order valence-electron chi connectivity index (χ1n) is 15.1. The van der Waals surface area contributed by atoms with Crippen molar-refractivity contribution in [2.75, 3.05) is 32.8 Å². The number of ether oxygens (including phenoxy) is 1. The molecule has 0 aromatic heterocycles. The first-order valence-corrected chi connectivity index (χ1v) is 15.1. The van der Waals surface area contributed by atoms with Gasteiger partial charge in [-0.25, -0.2) is 4.79 Å². The van der Waals surface area contributed by atoms with Gasteiger partial charge in [0.25, 0.3) is 0 Å². The van der Waals surface area contributed by atoms with Gasteiger partial charge in [0.1, 0.15) is 13.9 Å². The Hall–Kier alpha value is -1.17. The van der Waals surface area contributed by atoms with E-state index in [1.165, 1.54) is 64.2 Å². The molecular weight excluding hydrogens is 448 g/mol. The Morgan fingerprint density at radius 3 is 2.22 bits per heavy atom. The molecule has 199 valence electrons. The average molecular weight is 496 g/mol. The summed E-state index contributed by atoms with van der Waals surface area (Å²) in [6.45, 7) is 2.96. The first-order chi connectivity index (χ1) is 17.5. The number of carbonyl (C=O) groups excluding carboxylic acids is 2. The number of fused-ring (bicyclic) bond motifs is 1. The van der Waals surface area contributed by atoms with Crippen LogP contribution < -0.4 is 5.32 Å². The molecule has 8 heteroatoms. The molecule has 0 spiro atoms. The maximum absolute atomic E-state index is 13.5. The van der Waals surface area contributed by atoms with Gasteiger partial charge >= 0.3 is 6.03 Å². The van der Waals surface area contributed by atoms with E-state index in [-0.39, 0.29) is 35.9 Å². The number of piperidine rings is 1. The molecule has 4 fully saturated rings. The number of amides is 3. The van der Waals surface area contributed by atoms with E-state index >= 15 is 0 Å². The number of morpholine rings is 1. The van der Waals surface area contributed by atoms with E-state index in [0.29, 0.717) is 18.9 Å². The van der Waals surface area contributed by atoms with Crippen molar-refractivity contribution >= 4 is 27.1 Å². The highest BCUT2D eigenvalue weighted by Gasteiger charge is 2.37. The lowest BCUT2D eigenvalue weighted by molar-refractivity contribution is -0.139. The number of hydrogen-bond donors (Lipinski definition) is 1. The van der Waals surface area contributed by atoms with E-state index in [0.717, 1.165) is 58.0 Å². The van der Waals surface area contributed by atoms with Crippen LogP contribution in [0.5, 0.6) is 0 Å². The fourth-order valence-electron chi connectivity index (χ4n) is 6.86. The van der Waals surface area contributed by atoms with Crippen molar-refractivity contribution in [3.8, 4) is 0 Å². The van der Waals surface area contributed by atoms with E-state index in [1.807, 2.05) is 9.80 Å². The summed E-state index contributed by atoms with van der Waals surface area (Å²) in [6, 6.07) is 0.0291. The third-order valence-corrected chi connectivity index (χ3v) is 8.97. The second-order valence-electron chi connectivity index (χ2n) is 12.0. The minimum absolute atomic E-state index is 0.0329. The van der Waals surface area contributed by atoms with Gasteiger partial charge in [0.05, 0.1) is 20.0 Å². The molecule has 36 heavy (non-hydrogen) atoms. The van der Waals surface area contributed by atoms with Crippen LogP contribution in [0.25, 0.3) is 0 Å². The zero-order chi connectivity index (χ0) is 25.2. The molecule has 1 saturated carbocycles. The van der Waals surface area contributed by atoms with Crippen molar-refractivity contribution in [3.05, 3.63) is 0 Å². The van der Waals surface area contributed by atoms with Crippen LogP contribution >= 0.6 is 0 Å². The monoisotopic (exact) mass is 496 g/mol. The summed E-state index contributed by atoms with van der Waals surface area (Å²) in [5.41, 5.74) is 0. The van der Waals surface area contributed by atoms with E-state index in [1.54, 1.807) is 0 Å². The predicted octanol–water partition coefficient (Wildman–Crippen LogP) is 5.04. The number of nitrogens with one attached hydrogen (secondary N) is 1.